The lowest BCUT2D eigenvalue weighted by atomic mass is 10.1. The predicted molar refractivity (Wildman–Crippen MR) is 302 cm³/mol. The average molecular weight is 972 g/mol. The van der Waals surface area contributed by atoms with Gasteiger partial charge < -0.3 is 14.2 Å². The summed E-state index contributed by atoms with van der Waals surface area (Å²) in [7, 11) is 0. The van der Waals surface area contributed by atoms with Crippen LogP contribution >= 0.6 is 0 Å². The SMILES string of the molecule is CC/C=C\C/C=C\C/C=C\C/C=C\C/C=C\C/C=C\CCCCC(=O)OCC(COC(=O)CCCCCCC/C=C\CCCCC)OC(=O)CCCCCCCCCCC/C=C\C/C=C\CCCCC. The van der Waals surface area contributed by atoms with E-state index in [1.807, 2.05) is 0 Å². The van der Waals surface area contributed by atoms with E-state index in [1.54, 1.807) is 0 Å². The van der Waals surface area contributed by atoms with E-state index in [1.165, 1.54) is 103 Å². The Hall–Kier alpha value is -3.93. The van der Waals surface area contributed by atoms with Crippen LogP contribution in [0.4, 0.5) is 0 Å². The number of carbonyl (C=O) groups excluding carboxylic acids is 3. The van der Waals surface area contributed by atoms with Crippen LogP contribution in [0, 0.1) is 0 Å². The molecule has 1 atom stereocenters. The Morgan fingerprint density at radius 1 is 0.300 bits per heavy atom. The molecule has 0 heterocycles. The van der Waals surface area contributed by atoms with Crippen molar-refractivity contribution in [3.63, 3.8) is 0 Å². The summed E-state index contributed by atoms with van der Waals surface area (Å²) in [6.45, 7) is 6.43. The van der Waals surface area contributed by atoms with Crippen molar-refractivity contribution in [2.24, 2.45) is 0 Å². The first-order valence-corrected chi connectivity index (χ1v) is 28.9. The van der Waals surface area contributed by atoms with Crippen molar-refractivity contribution in [2.45, 2.75) is 264 Å². The molecule has 0 saturated carbocycles. The van der Waals surface area contributed by atoms with Crippen LogP contribution in [0.25, 0.3) is 0 Å². The van der Waals surface area contributed by atoms with Gasteiger partial charge in [-0.2, -0.15) is 0 Å². The van der Waals surface area contributed by atoms with E-state index < -0.39 is 6.10 Å². The van der Waals surface area contributed by atoms with Gasteiger partial charge in [-0.25, -0.2) is 0 Å². The van der Waals surface area contributed by atoms with Crippen molar-refractivity contribution in [3.8, 4) is 0 Å². The summed E-state index contributed by atoms with van der Waals surface area (Å²) in [5.41, 5.74) is 0. The second-order valence-electron chi connectivity index (χ2n) is 18.8. The number of hydrogen-bond donors (Lipinski definition) is 0. The maximum atomic E-state index is 12.9. The van der Waals surface area contributed by atoms with Crippen LogP contribution in [-0.2, 0) is 28.6 Å². The second kappa shape index (κ2) is 57.6. The highest BCUT2D eigenvalue weighted by Crippen LogP contribution is 2.14. The van der Waals surface area contributed by atoms with Crippen LogP contribution in [0.3, 0.4) is 0 Å². The smallest absolute Gasteiger partial charge is 0.306 e. The van der Waals surface area contributed by atoms with Gasteiger partial charge in [-0.15, -0.1) is 0 Å². The highest BCUT2D eigenvalue weighted by atomic mass is 16.6. The van der Waals surface area contributed by atoms with E-state index in [9.17, 15) is 14.4 Å². The van der Waals surface area contributed by atoms with Crippen LogP contribution in [0.1, 0.15) is 258 Å². The Bertz CT molecular complexity index is 1440. The fourth-order valence-corrected chi connectivity index (χ4v) is 7.65. The van der Waals surface area contributed by atoms with Crippen LogP contribution in [0.5, 0.6) is 0 Å². The number of esters is 3. The third-order valence-electron chi connectivity index (χ3n) is 12.0. The molecule has 0 amide bonds. The van der Waals surface area contributed by atoms with Crippen LogP contribution in [0.2, 0.25) is 0 Å². The van der Waals surface area contributed by atoms with E-state index >= 15 is 0 Å². The number of unbranched alkanes of at least 4 members (excludes halogenated alkanes) is 22. The molecule has 0 radical (unpaired) electrons. The molecule has 6 nitrogen and oxygen atoms in total. The molecule has 0 fully saturated rings. The molecule has 0 aliphatic heterocycles. The number of carbonyl (C=O) groups is 3. The van der Waals surface area contributed by atoms with Gasteiger partial charge in [-0.05, 0) is 128 Å². The third-order valence-corrected chi connectivity index (χ3v) is 12.0. The van der Waals surface area contributed by atoms with Crippen molar-refractivity contribution in [2.75, 3.05) is 13.2 Å². The summed E-state index contributed by atoms with van der Waals surface area (Å²) < 4.78 is 16.8. The predicted octanol–water partition coefficient (Wildman–Crippen LogP) is 19.5. The molecule has 0 aromatic rings. The monoisotopic (exact) mass is 971 g/mol. The standard InChI is InChI=1S/C64H106O6/c1-4-7-10-13-16-19-22-25-27-29-31-32-34-35-37-39-42-45-48-51-54-57-63(66)69-60-61(59-68-62(65)56-53-50-47-44-41-24-21-18-15-12-9-6-3)70-64(67)58-55-52-49-46-43-40-38-36-33-30-28-26-23-20-17-14-11-8-5-2/h7,10,16-21,25-28,31-32,35,37,42,45,61H,4-6,8-9,11-15,22-24,29-30,33-34,36,38-41,43-44,46-60H2,1-3H3/b10-7-,19-16-,20-17-,21-18-,27-25-,28-26-,32-31-,37-35-,45-42-. The Morgan fingerprint density at radius 3 is 0.914 bits per heavy atom. The molecule has 0 rings (SSSR count). The normalized spacial score (nSPS) is 12.9. The topological polar surface area (TPSA) is 78.9 Å². The molecular formula is C64H106O6. The highest BCUT2D eigenvalue weighted by molar-refractivity contribution is 5.71. The van der Waals surface area contributed by atoms with E-state index in [0.29, 0.717) is 19.3 Å². The molecule has 0 aliphatic rings. The molecule has 0 bridgehead atoms. The summed E-state index contributed by atoms with van der Waals surface area (Å²) in [6, 6.07) is 0. The Morgan fingerprint density at radius 2 is 0.557 bits per heavy atom. The molecular weight excluding hydrogens is 865 g/mol. The van der Waals surface area contributed by atoms with Crippen molar-refractivity contribution in [1.29, 1.82) is 0 Å². The zero-order valence-electron chi connectivity index (χ0n) is 45.5. The van der Waals surface area contributed by atoms with Gasteiger partial charge in [0.15, 0.2) is 6.10 Å². The Labute approximate surface area is 431 Å². The van der Waals surface area contributed by atoms with Gasteiger partial charge in [-0.1, -0.05) is 220 Å². The number of rotatable bonds is 51. The van der Waals surface area contributed by atoms with E-state index in [0.717, 1.165) is 116 Å². The van der Waals surface area contributed by atoms with E-state index in [-0.39, 0.29) is 31.1 Å². The van der Waals surface area contributed by atoms with Gasteiger partial charge >= 0.3 is 17.9 Å². The molecule has 0 N–H and O–H groups in total. The Balaban J connectivity index is 4.46. The van der Waals surface area contributed by atoms with Crippen LogP contribution < -0.4 is 0 Å². The first-order valence-electron chi connectivity index (χ1n) is 28.9. The molecule has 0 spiro atoms. The molecule has 0 aromatic heterocycles. The van der Waals surface area contributed by atoms with Gasteiger partial charge in [0, 0.05) is 19.3 Å². The summed E-state index contributed by atoms with van der Waals surface area (Å²) >= 11 is 0. The maximum Gasteiger partial charge on any atom is 0.306 e. The minimum Gasteiger partial charge on any atom is -0.462 e. The summed E-state index contributed by atoms with van der Waals surface area (Å²) in [5.74, 6) is -0.957. The van der Waals surface area contributed by atoms with Crippen molar-refractivity contribution in [1.82, 2.24) is 0 Å². The minimum atomic E-state index is -0.804. The van der Waals surface area contributed by atoms with Gasteiger partial charge in [0.1, 0.15) is 13.2 Å². The van der Waals surface area contributed by atoms with Gasteiger partial charge in [0.25, 0.3) is 0 Å². The molecule has 0 saturated heterocycles. The third kappa shape index (κ3) is 55.0. The number of allylic oxidation sites excluding steroid dienone is 18. The number of hydrogen-bond acceptors (Lipinski definition) is 6. The molecule has 70 heavy (non-hydrogen) atoms. The zero-order chi connectivity index (χ0) is 50.7. The minimum absolute atomic E-state index is 0.0993. The summed E-state index contributed by atoms with van der Waals surface area (Å²) in [5, 5.41) is 0. The average Bonchev–Trinajstić information content (AvgIpc) is 3.36. The largest absolute Gasteiger partial charge is 0.462 e. The first kappa shape index (κ1) is 66.1. The molecule has 398 valence electrons. The van der Waals surface area contributed by atoms with Crippen LogP contribution in [0.15, 0.2) is 109 Å². The fraction of sp³-hybridized carbons (Fsp3) is 0.672. The highest BCUT2D eigenvalue weighted by Gasteiger charge is 2.19. The maximum absolute atomic E-state index is 12.9. The summed E-state index contributed by atoms with van der Waals surface area (Å²) in [6.07, 6.45) is 77.9. The molecule has 1 unspecified atom stereocenters. The van der Waals surface area contributed by atoms with Crippen molar-refractivity contribution in [3.05, 3.63) is 109 Å². The number of ether oxygens (including phenoxy) is 3. The van der Waals surface area contributed by atoms with Gasteiger partial charge in [0.2, 0.25) is 0 Å². The lowest BCUT2D eigenvalue weighted by Gasteiger charge is -2.18. The van der Waals surface area contributed by atoms with Crippen LogP contribution in [-0.4, -0.2) is 37.2 Å². The zero-order valence-corrected chi connectivity index (χ0v) is 45.5. The van der Waals surface area contributed by atoms with Gasteiger partial charge in [0.05, 0.1) is 0 Å². The fourth-order valence-electron chi connectivity index (χ4n) is 7.65. The summed E-state index contributed by atoms with van der Waals surface area (Å²) in [4.78, 5) is 38.1. The molecule has 6 heteroatoms. The van der Waals surface area contributed by atoms with Gasteiger partial charge in [-0.3, -0.25) is 14.4 Å². The molecule has 0 aliphatic carbocycles. The van der Waals surface area contributed by atoms with Crippen molar-refractivity contribution >= 4 is 17.9 Å². The lowest BCUT2D eigenvalue weighted by Crippen LogP contribution is -2.30. The quantitative estimate of drug-likeness (QED) is 0.0262. The molecule has 0 aromatic carbocycles. The second-order valence-corrected chi connectivity index (χ2v) is 18.8. The first-order chi connectivity index (χ1) is 34.5. The van der Waals surface area contributed by atoms with Crippen molar-refractivity contribution < 1.29 is 28.6 Å². The van der Waals surface area contributed by atoms with E-state index in [4.69, 9.17) is 14.2 Å². The van der Waals surface area contributed by atoms with E-state index in [2.05, 4.69) is 130 Å². The lowest BCUT2D eigenvalue weighted by molar-refractivity contribution is -0.167. The Kier molecular flexibility index (Phi) is 54.4.